The first-order valence-corrected chi connectivity index (χ1v) is 9.76. The van der Waals surface area contributed by atoms with Crippen molar-refractivity contribution in [2.45, 2.75) is 33.2 Å². The van der Waals surface area contributed by atoms with Crippen LogP contribution in [0.4, 0.5) is 5.82 Å². The Kier molecular flexibility index (Phi) is 4.64. The minimum atomic E-state index is -0.0775. The van der Waals surface area contributed by atoms with Gasteiger partial charge in [-0.3, -0.25) is 0 Å². The van der Waals surface area contributed by atoms with Gasteiger partial charge in [0.25, 0.3) is 0 Å². The van der Waals surface area contributed by atoms with E-state index in [1.54, 1.807) is 0 Å². The second-order valence-electron chi connectivity index (χ2n) is 8.34. The van der Waals surface area contributed by atoms with Gasteiger partial charge in [-0.25, -0.2) is 4.98 Å². The SMILES string of the molecule is Cc1ccc2c(-c3ccccc3)c(-c3ccccc3)nc(NC(C)(C)C)c2c1. The summed E-state index contributed by atoms with van der Waals surface area (Å²) in [6, 6.07) is 27.7. The highest BCUT2D eigenvalue weighted by Crippen LogP contribution is 2.40. The van der Waals surface area contributed by atoms with Gasteiger partial charge in [-0.1, -0.05) is 78.4 Å². The standard InChI is InChI=1S/C26H26N2/c1-18-15-16-21-22(17-18)25(28-26(2,3)4)27-24(20-13-9-6-10-14-20)23(21)19-11-7-5-8-12-19/h5-17H,1-4H3,(H,27,28). The first-order valence-electron chi connectivity index (χ1n) is 9.76. The fourth-order valence-electron chi connectivity index (χ4n) is 3.58. The third-order valence-electron chi connectivity index (χ3n) is 4.76. The van der Waals surface area contributed by atoms with Crippen LogP contribution in [0.3, 0.4) is 0 Å². The van der Waals surface area contributed by atoms with Crippen LogP contribution < -0.4 is 5.32 Å². The first-order chi connectivity index (χ1) is 13.4. The highest BCUT2D eigenvalue weighted by atomic mass is 15.0. The summed E-state index contributed by atoms with van der Waals surface area (Å²) in [5, 5.41) is 6.01. The lowest BCUT2D eigenvalue weighted by Gasteiger charge is -2.25. The topological polar surface area (TPSA) is 24.9 Å². The molecule has 4 aromatic rings. The van der Waals surface area contributed by atoms with E-state index in [0.717, 1.165) is 22.5 Å². The molecule has 1 N–H and O–H groups in total. The van der Waals surface area contributed by atoms with Crippen molar-refractivity contribution in [3.05, 3.63) is 84.4 Å². The van der Waals surface area contributed by atoms with E-state index in [0.29, 0.717) is 0 Å². The van der Waals surface area contributed by atoms with E-state index in [-0.39, 0.29) is 5.54 Å². The monoisotopic (exact) mass is 366 g/mol. The smallest absolute Gasteiger partial charge is 0.135 e. The molecule has 0 saturated heterocycles. The van der Waals surface area contributed by atoms with Crippen molar-refractivity contribution in [3.8, 4) is 22.4 Å². The molecule has 0 spiro atoms. The number of rotatable bonds is 3. The Balaban J connectivity index is 2.11. The third kappa shape index (κ3) is 3.63. The van der Waals surface area contributed by atoms with Crippen LogP contribution in [0.5, 0.6) is 0 Å². The molecule has 1 heterocycles. The molecule has 0 amide bonds. The number of hydrogen-bond donors (Lipinski definition) is 1. The van der Waals surface area contributed by atoms with Gasteiger partial charge in [-0.05, 0) is 44.7 Å². The highest BCUT2D eigenvalue weighted by molar-refractivity contribution is 6.07. The Morgan fingerprint density at radius 3 is 1.93 bits per heavy atom. The molecule has 0 bridgehead atoms. The lowest BCUT2D eigenvalue weighted by molar-refractivity contribution is 0.632. The summed E-state index contributed by atoms with van der Waals surface area (Å²) < 4.78 is 0. The maximum absolute atomic E-state index is 5.16. The Morgan fingerprint density at radius 2 is 1.32 bits per heavy atom. The van der Waals surface area contributed by atoms with E-state index >= 15 is 0 Å². The molecular formula is C26H26N2. The molecule has 0 fully saturated rings. The van der Waals surface area contributed by atoms with Crippen LogP contribution in [0.25, 0.3) is 33.2 Å². The number of nitrogens with zero attached hydrogens (tertiary/aromatic N) is 1. The van der Waals surface area contributed by atoms with E-state index < -0.39 is 0 Å². The van der Waals surface area contributed by atoms with Gasteiger partial charge in [-0.15, -0.1) is 0 Å². The second kappa shape index (κ2) is 7.12. The molecule has 3 aromatic carbocycles. The summed E-state index contributed by atoms with van der Waals surface area (Å²) in [7, 11) is 0. The van der Waals surface area contributed by atoms with E-state index in [1.807, 2.05) is 6.07 Å². The molecule has 2 nitrogen and oxygen atoms in total. The maximum atomic E-state index is 5.16. The molecule has 0 atom stereocenters. The summed E-state index contributed by atoms with van der Waals surface area (Å²) in [4.78, 5) is 5.16. The Morgan fingerprint density at radius 1 is 0.714 bits per heavy atom. The van der Waals surface area contributed by atoms with E-state index in [1.165, 1.54) is 22.1 Å². The van der Waals surface area contributed by atoms with Gasteiger partial charge in [-0.2, -0.15) is 0 Å². The predicted octanol–water partition coefficient (Wildman–Crippen LogP) is 7.09. The van der Waals surface area contributed by atoms with Gasteiger partial charge in [0.2, 0.25) is 0 Å². The number of anilines is 1. The van der Waals surface area contributed by atoms with Crippen molar-refractivity contribution in [1.82, 2.24) is 4.98 Å². The molecule has 1 aromatic heterocycles. The van der Waals surface area contributed by atoms with Crippen molar-refractivity contribution >= 4 is 16.6 Å². The van der Waals surface area contributed by atoms with Crippen LogP contribution in [0.15, 0.2) is 78.9 Å². The molecular weight excluding hydrogens is 340 g/mol. The van der Waals surface area contributed by atoms with Gasteiger partial charge >= 0.3 is 0 Å². The van der Waals surface area contributed by atoms with E-state index in [2.05, 4.69) is 106 Å². The van der Waals surface area contributed by atoms with Crippen molar-refractivity contribution < 1.29 is 0 Å². The molecule has 0 aliphatic carbocycles. The molecule has 0 saturated carbocycles. The van der Waals surface area contributed by atoms with Crippen LogP contribution >= 0.6 is 0 Å². The largest absolute Gasteiger partial charge is 0.365 e. The Labute approximate surface area is 167 Å². The lowest BCUT2D eigenvalue weighted by Crippen LogP contribution is -2.27. The van der Waals surface area contributed by atoms with E-state index in [4.69, 9.17) is 4.98 Å². The summed E-state index contributed by atoms with van der Waals surface area (Å²) in [6.45, 7) is 8.64. The zero-order valence-corrected chi connectivity index (χ0v) is 17.0. The Hall–Kier alpha value is -3.13. The number of aryl methyl sites for hydroxylation is 1. The number of aromatic nitrogens is 1. The zero-order valence-electron chi connectivity index (χ0n) is 17.0. The van der Waals surface area contributed by atoms with Crippen LogP contribution in [0, 0.1) is 6.92 Å². The van der Waals surface area contributed by atoms with Crippen LogP contribution in [-0.2, 0) is 0 Å². The molecule has 0 unspecified atom stereocenters. The molecule has 2 heteroatoms. The van der Waals surface area contributed by atoms with Gasteiger partial charge in [0.15, 0.2) is 0 Å². The van der Waals surface area contributed by atoms with Gasteiger partial charge in [0.1, 0.15) is 5.82 Å². The first kappa shape index (κ1) is 18.2. The van der Waals surface area contributed by atoms with Crippen LogP contribution in [-0.4, -0.2) is 10.5 Å². The molecule has 0 radical (unpaired) electrons. The Bertz CT molecular complexity index is 1110. The number of hydrogen-bond acceptors (Lipinski definition) is 2. The van der Waals surface area contributed by atoms with Gasteiger partial charge in [0, 0.05) is 22.1 Å². The average Bonchev–Trinajstić information content (AvgIpc) is 2.68. The average molecular weight is 367 g/mol. The quantitative estimate of drug-likeness (QED) is 0.419. The van der Waals surface area contributed by atoms with Crippen molar-refractivity contribution in [1.29, 1.82) is 0 Å². The third-order valence-corrected chi connectivity index (χ3v) is 4.76. The van der Waals surface area contributed by atoms with Crippen LogP contribution in [0.1, 0.15) is 26.3 Å². The number of pyridine rings is 1. The van der Waals surface area contributed by atoms with Crippen molar-refractivity contribution in [2.75, 3.05) is 5.32 Å². The minimum Gasteiger partial charge on any atom is -0.365 e. The predicted molar refractivity (Wildman–Crippen MR) is 121 cm³/mol. The normalized spacial score (nSPS) is 11.6. The number of fused-ring (bicyclic) bond motifs is 1. The van der Waals surface area contributed by atoms with Crippen molar-refractivity contribution in [3.63, 3.8) is 0 Å². The number of nitrogens with one attached hydrogen (secondary N) is 1. The summed E-state index contributed by atoms with van der Waals surface area (Å²) in [5.74, 6) is 0.935. The van der Waals surface area contributed by atoms with Crippen LogP contribution in [0.2, 0.25) is 0 Å². The second-order valence-corrected chi connectivity index (χ2v) is 8.34. The fourth-order valence-corrected chi connectivity index (χ4v) is 3.58. The lowest BCUT2D eigenvalue weighted by atomic mass is 9.93. The molecule has 28 heavy (non-hydrogen) atoms. The summed E-state index contributed by atoms with van der Waals surface area (Å²) in [6.07, 6.45) is 0. The zero-order chi connectivity index (χ0) is 19.7. The molecule has 4 rings (SSSR count). The summed E-state index contributed by atoms with van der Waals surface area (Å²) >= 11 is 0. The van der Waals surface area contributed by atoms with Crippen molar-refractivity contribution in [2.24, 2.45) is 0 Å². The molecule has 0 aliphatic heterocycles. The molecule has 140 valence electrons. The van der Waals surface area contributed by atoms with E-state index in [9.17, 15) is 0 Å². The van der Waals surface area contributed by atoms with Gasteiger partial charge in [0.05, 0.1) is 5.69 Å². The minimum absolute atomic E-state index is 0.0775. The molecule has 0 aliphatic rings. The van der Waals surface area contributed by atoms with Gasteiger partial charge < -0.3 is 5.32 Å². The summed E-state index contributed by atoms with van der Waals surface area (Å²) in [5.41, 5.74) is 5.66. The highest BCUT2D eigenvalue weighted by Gasteiger charge is 2.19. The maximum Gasteiger partial charge on any atom is 0.135 e. The number of benzene rings is 3. The fraction of sp³-hybridized carbons (Fsp3) is 0.192.